The summed E-state index contributed by atoms with van der Waals surface area (Å²) in [5.41, 5.74) is 3.61. The molecule has 0 spiro atoms. The Labute approximate surface area is 125 Å². The van der Waals surface area contributed by atoms with E-state index in [9.17, 15) is 0 Å². The van der Waals surface area contributed by atoms with Gasteiger partial charge in [-0.2, -0.15) is 0 Å². The molecule has 1 saturated heterocycles. The van der Waals surface area contributed by atoms with Crippen LogP contribution in [0.3, 0.4) is 0 Å². The fourth-order valence-corrected chi connectivity index (χ4v) is 3.98. The smallest absolute Gasteiger partial charge is 0.117 e. The predicted octanol–water partition coefficient (Wildman–Crippen LogP) is 3.26. The highest BCUT2D eigenvalue weighted by Crippen LogP contribution is 2.40. The maximum atomic E-state index is 4.51. The molecule has 0 radical (unpaired) electrons. The molecule has 0 aliphatic carbocycles. The topological polar surface area (TPSA) is 34.0 Å². The van der Waals surface area contributed by atoms with Gasteiger partial charge < -0.3 is 0 Å². The van der Waals surface area contributed by atoms with E-state index in [4.69, 9.17) is 0 Å². The minimum absolute atomic E-state index is 0.487. The molecule has 0 N–H and O–H groups in total. The zero-order chi connectivity index (χ0) is 14.2. The highest BCUT2D eigenvalue weighted by Gasteiger charge is 2.39. The van der Waals surface area contributed by atoms with Gasteiger partial charge in [-0.25, -0.2) is 4.68 Å². The minimum atomic E-state index is 0.487. The van der Waals surface area contributed by atoms with Crippen LogP contribution in [-0.4, -0.2) is 32.5 Å². The molecular weight excluding hydrogens is 260 g/mol. The highest BCUT2D eigenvalue weighted by molar-refractivity contribution is 5.62. The van der Waals surface area contributed by atoms with Crippen LogP contribution in [0.2, 0.25) is 0 Å². The van der Waals surface area contributed by atoms with Crippen LogP contribution in [-0.2, 0) is 6.54 Å². The molecule has 110 valence electrons. The lowest BCUT2D eigenvalue weighted by Gasteiger charge is -2.38. The second-order valence-electron chi connectivity index (χ2n) is 6.21. The van der Waals surface area contributed by atoms with Crippen LogP contribution in [0.1, 0.15) is 44.3 Å². The Bertz CT molecular complexity index is 619. The number of hydrogen-bond donors (Lipinski definition) is 0. The monoisotopic (exact) mass is 282 g/mol. The van der Waals surface area contributed by atoms with E-state index in [0.29, 0.717) is 12.1 Å². The third kappa shape index (κ3) is 2.09. The van der Waals surface area contributed by atoms with Crippen LogP contribution < -0.4 is 0 Å². The Kier molecular flexibility index (Phi) is 3.26. The molecular formula is C17H22N4. The van der Waals surface area contributed by atoms with Gasteiger partial charge in [0, 0.05) is 11.6 Å². The molecule has 2 aliphatic heterocycles. The van der Waals surface area contributed by atoms with Gasteiger partial charge in [0.15, 0.2) is 0 Å². The van der Waals surface area contributed by atoms with Crippen LogP contribution in [0.15, 0.2) is 30.3 Å². The van der Waals surface area contributed by atoms with Gasteiger partial charge in [0.2, 0.25) is 0 Å². The first-order valence-corrected chi connectivity index (χ1v) is 8.13. The first-order chi connectivity index (χ1) is 10.4. The van der Waals surface area contributed by atoms with Crippen molar-refractivity contribution < 1.29 is 0 Å². The summed E-state index contributed by atoms with van der Waals surface area (Å²) in [4.78, 5) is 2.70. The summed E-state index contributed by atoms with van der Waals surface area (Å²) in [6, 6.07) is 11.7. The lowest BCUT2D eigenvalue weighted by Crippen LogP contribution is -2.42. The predicted molar refractivity (Wildman–Crippen MR) is 82.8 cm³/mol. The van der Waals surface area contributed by atoms with Crippen molar-refractivity contribution in [2.75, 3.05) is 6.54 Å². The molecule has 4 rings (SSSR count). The summed E-state index contributed by atoms with van der Waals surface area (Å²) in [5, 5.41) is 8.98. The van der Waals surface area contributed by atoms with E-state index >= 15 is 0 Å². The second kappa shape index (κ2) is 5.26. The van der Waals surface area contributed by atoms with Crippen molar-refractivity contribution in [2.45, 2.75) is 51.2 Å². The van der Waals surface area contributed by atoms with Crippen molar-refractivity contribution in [2.24, 2.45) is 0 Å². The summed E-state index contributed by atoms with van der Waals surface area (Å²) in [5.74, 6) is 0. The Morgan fingerprint density at radius 3 is 2.90 bits per heavy atom. The summed E-state index contributed by atoms with van der Waals surface area (Å²) < 4.78 is 2.18. The molecule has 4 nitrogen and oxygen atoms in total. The summed E-state index contributed by atoms with van der Waals surface area (Å²) in [7, 11) is 0. The van der Waals surface area contributed by atoms with E-state index in [-0.39, 0.29) is 0 Å². The molecule has 21 heavy (non-hydrogen) atoms. The van der Waals surface area contributed by atoms with Crippen LogP contribution in [0.5, 0.6) is 0 Å². The molecule has 0 saturated carbocycles. The van der Waals surface area contributed by atoms with Crippen molar-refractivity contribution in [3.63, 3.8) is 0 Å². The van der Waals surface area contributed by atoms with Gasteiger partial charge in [0.05, 0.1) is 18.3 Å². The van der Waals surface area contributed by atoms with Crippen LogP contribution in [0.25, 0.3) is 11.3 Å². The number of aromatic nitrogens is 3. The van der Waals surface area contributed by atoms with E-state index in [1.807, 2.05) is 0 Å². The average molecular weight is 282 g/mol. The molecule has 1 aromatic carbocycles. The van der Waals surface area contributed by atoms with E-state index in [1.165, 1.54) is 43.5 Å². The molecule has 1 fully saturated rings. The quantitative estimate of drug-likeness (QED) is 0.866. The lowest BCUT2D eigenvalue weighted by atomic mass is 9.97. The van der Waals surface area contributed by atoms with E-state index < -0.39 is 0 Å². The van der Waals surface area contributed by atoms with Crippen molar-refractivity contribution in [1.82, 2.24) is 19.9 Å². The number of nitrogens with zero attached hydrogens (tertiary/aromatic N) is 4. The molecule has 0 bridgehead atoms. The average Bonchev–Trinajstić information content (AvgIpc) is 3.14. The third-order valence-electron chi connectivity index (χ3n) is 4.91. The molecule has 2 aliphatic rings. The maximum absolute atomic E-state index is 4.51. The highest BCUT2D eigenvalue weighted by atomic mass is 15.5. The van der Waals surface area contributed by atoms with Gasteiger partial charge in [-0.15, -0.1) is 5.10 Å². The van der Waals surface area contributed by atoms with Gasteiger partial charge in [-0.05, 0) is 25.8 Å². The van der Waals surface area contributed by atoms with Crippen molar-refractivity contribution in [3.05, 3.63) is 36.0 Å². The molecule has 2 atom stereocenters. The fraction of sp³-hybridized carbons (Fsp3) is 0.529. The summed E-state index contributed by atoms with van der Waals surface area (Å²) >= 11 is 0. The van der Waals surface area contributed by atoms with Gasteiger partial charge >= 0.3 is 0 Å². The van der Waals surface area contributed by atoms with Gasteiger partial charge in [-0.3, -0.25) is 4.90 Å². The number of hydrogen-bond acceptors (Lipinski definition) is 3. The van der Waals surface area contributed by atoms with E-state index in [0.717, 1.165) is 12.2 Å². The largest absolute Gasteiger partial charge is 0.290 e. The minimum Gasteiger partial charge on any atom is -0.290 e. The molecule has 0 unspecified atom stereocenters. The Morgan fingerprint density at radius 2 is 2.10 bits per heavy atom. The Balaban J connectivity index is 1.81. The third-order valence-corrected chi connectivity index (χ3v) is 4.91. The number of benzene rings is 1. The van der Waals surface area contributed by atoms with Crippen molar-refractivity contribution in [3.8, 4) is 11.3 Å². The normalized spacial score (nSPS) is 24.8. The standard InChI is InChI=1S/C17H22N4/c1-2-7-15-17-16(13-8-4-3-5-9-13)18-19-21(17)12-14-10-6-11-20(14)15/h3-5,8-9,14-15H,2,6-7,10-12H2,1H3/t14-,15-/m0/s1. The fourth-order valence-electron chi connectivity index (χ4n) is 3.98. The second-order valence-corrected chi connectivity index (χ2v) is 6.21. The summed E-state index contributed by atoms with van der Waals surface area (Å²) in [6.45, 7) is 4.51. The zero-order valence-electron chi connectivity index (χ0n) is 12.6. The van der Waals surface area contributed by atoms with E-state index in [1.54, 1.807) is 0 Å². The number of fused-ring (bicyclic) bond motifs is 2. The van der Waals surface area contributed by atoms with Crippen molar-refractivity contribution >= 4 is 0 Å². The molecule has 2 aromatic rings. The van der Waals surface area contributed by atoms with Crippen LogP contribution in [0.4, 0.5) is 0 Å². The maximum Gasteiger partial charge on any atom is 0.117 e. The molecule has 4 heteroatoms. The SMILES string of the molecule is CCC[C@H]1c2c(-c3ccccc3)nnn2C[C@@H]2CCCN21. The molecule has 0 amide bonds. The number of rotatable bonds is 3. The first-order valence-electron chi connectivity index (χ1n) is 8.13. The lowest BCUT2D eigenvalue weighted by molar-refractivity contribution is 0.116. The van der Waals surface area contributed by atoms with Gasteiger partial charge in [0.1, 0.15) is 5.69 Å². The first kappa shape index (κ1) is 13.0. The van der Waals surface area contributed by atoms with Crippen LogP contribution in [0, 0.1) is 0 Å². The van der Waals surface area contributed by atoms with E-state index in [2.05, 4.69) is 57.1 Å². The van der Waals surface area contributed by atoms with Gasteiger partial charge in [-0.1, -0.05) is 48.9 Å². The van der Waals surface area contributed by atoms with Crippen LogP contribution >= 0.6 is 0 Å². The Hall–Kier alpha value is -1.68. The molecule has 3 heterocycles. The summed E-state index contributed by atoms with van der Waals surface area (Å²) in [6.07, 6.45) is 5.03. The molecule has 1 aromatic heterocycles. The van der Waals surface area contributed by atoms with Gasteiger partial charge in [0.25, 0.3) is 0 Å². The van der Waals surface area contributed by atoms with Crippen molar-refractivity contribution in [1.29, 1.82) is 0 Å². The zero-order valence-corrected chi connectivity index (χ0v) is 12.6. The Morgan fingerprint density at radius 1 is 1.24 bits per heavy atom.